The van der Waals surface area contributed by atoms with Crippen molar-refractivity contribution in [2.45, 2.75) is 59.3 Å². The molecule has 0 saturated carbocycles. The molecule has 0 aromatic rings. The minimum absolute atomic E-state index is 0.0660. The molecule has 0 rings (SSSR count). The third-order valence-electron chi connectivity index (χ3n) is 2.79. The van der Waals surface area contributed by atoms with Gasteiger partial charge in [-0.3, -0.25) is 4.89 Å². The van der Waals surface area contributed by atoms with Gasteiger partial charge in [-0.15, -0.1) is 0 Å². The van der Waals surface area contributed by atoms with Crippen molar-refractivity contribution in [3.8, 4) is 0 Å². The molecular weight excluding hydrogens is 360 g/mol. The van der Waals surface area contributed by atoms with Crippen molar-refractivity contribution in [1.29, 1.82) is 0 Å². The van der Waals surface area contributed by atoms with E-state index in [1.807, 2.05) is 0 Å². The van der Waals surface area contributed by atoms with Gasteiger partial charge < -0.3 is 9.47 Å². The fourth-order valence-corrected chi connectivity index (χ4v) is 1.64. The van der Waals surface area contributed by atoms with Crippen molar-refractivity contribution in [3.63, 3.8) is 0 Å². The van der Waals surface area contributed by atoms with Crippen LogP contribution in [0.4, 0.5) is 0 Å². The van der Waals surface area contributed by atoms with Gasteiger partial charge >= 0.3 is 17.9 Å². The van der Waals surface area contributed by atoms with Crippen LogP contribution in [-0.4, -0.2) is 43.5 Å². The molecular formula is C18H32O7S. The van der Waals surface area contributed by atoms with E-state index in [9.17, 15) is 14.4 Å². The van der Waals surface area contributed by atoms with Crippen LogP contribution >= 0.6 is 12.6 Å². The zero-order valence-electron chi connectivity index (χ0n) is 16.0. The molecule has 0 aliphatic heterocycles. The standard InChI is InChI=1S/C10H20O3S.C8H12O4/c1-2-3-4-5-6-7-8-12-13-10(11)9-14;1-3-11-7(9)5-6-8(10)12-4-2/h14H,2-9H2,1H3;5-6H,3-4H2,1-2H3. The Balaban J connectivity index is 0. The molecule has 0 amide bonds. The Morgan fingerprint density at radius 2 is 1.31 bits per heavy atom. The van der Waals surface area contributed by atoms with E-state index in [0.29, 0.717) is 19.8 Å². The van der Waals surface area contributed by atoms with Crippen LogP contribution in [0.5, 0.6) is 0 Å². The van der Waals surface area contributed by atoms with Gasteiger partial charge in [0.2, 0.25) is 0 Å². The maximum Gasteiger partial charge on any atom is 0.351 e. The van der Waals surface area contributed by atoms with Crippen molar-refractivity contribution < 1.29 is 33.6 Å². The number of esters is 2. The second kappa shape index (κ2) is 21.5. The van der Waals surface area contributed by atoms with Crippen molar-refractivity contribution in [2.24, 2.45) is 0 Å². The van der Waals surface area contributed by atoms with Crippen LogP contribution in [0.2, 0.25) is 0 Å². The Bertz CT molecular complexity index is 377. The van der Waals surface area contributed by atoms with E-state index in [1.54, 1.807) is 13.8 Å². The van der Waals surface area contributed by atoms with Crippen molar-refractivity contribution in [3.05, 3.63) is 12.2 Å². The van der Waals surface area contributed by atoms with E-state index in [4.69, 9.17) is 4.89 Å². The minimum atomic E-state index is -0.537. The van der Waals surface area contributed by atoms with Crippen molar-refractivity contribution >= 4 is 30.5 Å². The Morgan fingerprint density at radius 3 is 1.77 bits per heavy atom. The summed E-state index contributed by atoms with van der Waals surface area (Å²) in [7, 11) is 0. The highest BCUT2D eigenvalue weighted by Gasteiger charge is 1.99. The highest BCUT2D eigenvalue weighted by Crippen LogP contribution is 2.04. The Labute approximate surface area is 161 Å². The Kier molecular flexibility index (Phi) is 22.1. The summed E-state index contributed by atoms with van der Waals surface area (Å²) in [5.41, 5.74) is 0. The van der Waals surface area contributed by atoms with Gasteiger partial charge in [-0.1, -0.05) is 39.0 Å². The summed E-state index contributed by atoms with van der Waals surface area (Å²) in [4.78, 5) is 40.9. The summed E-state index contributed by atoms with van der Waals surface area (Å²) in [6.45, 7) is 6.66. The van der Waals surface area contributed by atoms with E-state index >= 15 is 0 Å². The van der Waals surface area contributed by atoms with Crippen LogP contribution in [0, 0.1) is 0 Å². The fourth-order valence-electron chi connectivity index (χ4n) is 1.59. The number of hydrogen-bond donors (Lipinski definition) is 1. The van der Waals surface area contributed by atoms with Gasteiger partial charge in [0.05, 0.1) is 25.6 Å². The summed E-state index contributed by atoms with van der Waals surface area (Å²) >= 11 is 3.74. The molecule has 0 spiro atoms. The molecule has 0 radical (unpaired) electrons. The molecule has 0 fully saturated rings. The average Bonchev–Trinajstić information content (AvgIpc) is 2.63. The molecule has 26 heavy (non-hydrogen) atoms. The monoisotopic (exact) mass is 392 g/mol. The summed E-state index contributed by atoms with van der Waals surface area (Å²) in [6, 6.07) is 0. The number of rotatable bonds is 13. The van der Waals surface area contributed by atoms with E-state index in [-0.39, 0.29) is 5.75 Å². The summed E-state index contributed by atoms with van der Waals surface area (Å²) in [5.74, 6) is -1.44. The van der Waals surface area contributed by atoms with Gasteiger partial charge in [-0.05, 0) is 20.3 Å². The molecule has 0 aromatic heterocycles. The third-order valence-corrected chi connectivity index (χ3v) is 3.05. The molecule has 8 heteroatoms. The third kappa shape index (κ3) is 22.5. The number of thiol groups is 1. The first-order valence-electron chi connectivity index (χ1n) is 8.96. The minimum Gasteiger partial charge on any atom is -0.463 e. The number of ether oxygens (including phenoxy) is 2. The van der Waals surface area contributed by atoms with Crippen LogP contribution in [-0.2, 0) is 33.6 Å². The lowest BCUT2D eigenvalue weighted by Gasteiger charge is -2.02. The molecule has 0 N–H and O–H groups in total. The molecule has 7 nitrogen and oxygen atoms in total. The Hall–Kier alpha value is -1.54. The van der Waals surface area contributed by atoms with Crippen molar-refractivity contribution in [1.82, 2.24) is 0 Å². The fraction of sp³-hybridized carbons (Fsp3) is 0.722. The van der Waals surface area contributed by atoms with E-state index in [0.717, 1.165) is 25.0 Å². The van der Waals surface area contributed by atoms with Crippen LogP contribution in [0.25, 0.3) is 0 Å². The molecule has 0 saturated heterocycles. The lowest BCUT2D eigenvalue weighted by molar-refractivity contribution is -0.270. The second-order valence-electron chi connectivity index (χ2n) is 5.04. The maximum absolute atomic E-state index is 10.6. The van der Waals surface area contributed by atoms with Crippen LogP contribution in [0.3, 0.4) is 0 Å². The summed E-state index contributed by atoms with van der Waals surface area (Å²) in [5, 5.41) is 0. The molecule has 0 atom stereocenters. The summed E-state index contributed by atoms with van der Waals surface area (Å²) < 4.78 is 9.07. The first kappa shape index (κ1) is 26.7. The van der Waals surface area contributed by atoms with Gasteiger partial charge in [0, 0.05) is 12.2 Å². The topological polar surface area (TPSA) is 88.1 Å². The van der Waals surface area contributed by atoms with Gasteiger partial charge in [0.1, 0.15) is 0 Å². The second-order valence-corrected chi connectivity index (χ2v) is 5.36. The van der Waals surface area contributed by atoms with E-state index < -0.39 is 17.9 Å². The number of hydrogen-bond acceptors (Lipinski definition) is 8. The molecule has 0 bridgehead atoms. The lowest BCUT2D eigenvalue weighted by Crippen LogP contribution is -2.07. The first-order valence-corrected chi connectivity index (χ1v) is 9.59. The largest absolute Gasteiger partial charge is 0.463 e. The first-order chi connectivity index (χ1) is 12.5. The number of carbonyl (C=O) groups is 3. The maximum atomic E-state index is 10.6. The molecule has 0 unspecified atom stereocenters. The van der Waals surface area contributed by atoms with Crippen LogP contribution in [0.15, 0.2) is 12.2 Å². The van der Waals surface area contributed by atoms with Crippen LogP contribution in [0.1, 0.15) is 59.3 Å². The van der Waals surface area contributed by atoms with Gasteiger partial charge in [-0.25, -0.2) is 14.4 Å². The Morgan fingerprint density at radius 1 is 0.808 bits per heavy atom. The highest BCUT2D eigenvalue weighted by atomic mass is 32.1. The molecule has 0 aromatic carbocycles. The normalized spacial score (nSPS) is 10.0. The zero-order chi connectivity index (χ0) is 20.0. The number of carbonyl (C=O) groups excluding carboxylic acids is 3. The van der Waals surface area contributed by atoms with E-state index in [2.05, 4.69) is 33.9 Å². The van der Waals surface area contributed by atoms with Crippen LogP contribution < -0.4 is 0 Å². The summed E-state index contributed by atoms with van der Waals surface area (Å²) in [6.07, 6.45) is 9.25. The predicted octanol–water partition coefficient (Wildman–Crippen LogP) is 3.42. The quantitative estimate of drug-likeness (QED) is 0.128. The van der Waals surface area contributed by atoms with Crippen molar-refractivity contribution in [2.75, 3.05) is 25.6 Å². The van der Waals surface area contributed by atoms with Gasteiger partial charge in [0.15, 0.2) is 0 Å². The van der Waals surface area contributed by atoms with Gasteiger partial charge in [0.25, 0.3) is 0 Å². The molecule has 0 heterocycles. The molecule has 0 aliphatic rings. The predicted molar refractivity (Wildman–Crippen MR) is 102 cm³/mol. The highest BCUT2D eigenvalue weighted by molar-refractivity contribution is 7.81. The molecule has 0 aliphatic carbocycles. The van der Waals surface area contributed by atoms with Gasteiger partial charge in [-0.2, -0.15) is 17.5 Å². The lowest BCUT2D eigenvalue weighted by atomic mass is 10.1. The SMILES string of the molecule is CCCCCCCCOOC(=O)CS.CCOC(=O)C=CC(=O)OCC. The zero-order valence-corrected chi connectivity index (χ0v) is 16.9. The molecule has 152 valence electrons. The average molecular weight is 393 g/mol. The number of unbranched alkanes of at least 4 members (excludes halogenated alkanes) is 5. The van der Waals surface area contributed by atoms with E-state index in [1.165, 1.54) is 25.7 Å². The smallest absolute Gasteiger partial charge is 0.351 e.